The zero-order valence-electron chi connectivity index (χ0n) is 11.4. The zero-order valence-corrected chi connectivity index (χ0v) is 12.1. The molecule has 0 heterocycles. The van der Waals surface area contributed by atoms with Gasteiger partial charge in [-0.25, -0.2) is 0 Å². The van der Waals surface area contributed by atoms with Gasteiger partial charge in [-0.2, -0.15) is 0 Å². The Morgan fingerprint density at radius 1 is 1.05 bits per heavy atom. The second-order valence-corrected chi connectivity index (χ2v) is 5.02. The van der Waals surface area contributed by atoms with Crippen molar-refractivity contribution in [2.45, 2.75) is 13.1 Å². The first kappa shape index (κ1) is 13.9. The van der Waals surface area contributed by atoms with Gasteiger partial charge in [-0.05, 0) is 24.7 Å². The highest BCUT2D eigenvalue weighted by molar-refractivity contribution is 6.31. The summed E-state index contributed by atoms with van der Waals surface area (Å²) in [5.41, 5.74) is 3.61. The van der Waals surface area contributed by atoms with E-state index in [2.05, 4.69) is 47.6 Å². The molecule has 0 atom stereocenters. The van der Waals surface area contributed by atoms with E-state index >= 15 is 0 Å². The second kappa shape index (κ2) is 6.60. The molecule has 0 aliphatic carbocycles. The Bertz CT molecular complexity index is 526. The fourth-order valence-electron chi connectivity index (χ4n) is 2.20. The maximum absolute atomic E-state index is 6.29. The lowest BCUT2D eigenvalue weighted by molar-refractivity contribution is 0.805. The van der Waals surface area contributed by atoms with Gasteiger partial charge in [0.25, 0.3) is 0 Å². The highest BCUT2D eigenvalue weighted by Gasteiger charge is 2.10. The van der Waals surface area contributed by atoms with Gasteiger partial charge in [-0.1, -0.05) is 48.0 Å². The number of benzene rings is 2. The van der Waals surface area contributed by atoms with E-state index in [1.54, 1.807) is 0 Å². The van der Waals surface area contributed by atoms with Gasteiger partial charge in [0.1, 0.15) is 0 Å². The molecule has 2 aromatic carbocycles. The minimum atomic E-state index is 0.772. The van der Waals surface area contributed by atoms with Gasteiger partial charge in [-0.3, -0.25) is 0 Å². The Morgan fingerprint density at radius 3 is 2.47 bits per heavy atom. The van der Waals surface area contributed by atoms with Gasteiger partial charge in [0.15, 0.2) is 0 Å². The van der Waals surface area contributed by atoms with Crippen molar-refractivity contribution in [1.29, 1.82) is 0 Å². The van der Waals surface area contributed by atoms with Gasteiger partial charge in [-0.15, -0.1) is 0 Å². The molecule has 0 saturated heterocycles. The molecule has 3 heteroatoms. The monoisotopic (exact) mass is 274 g/mol. The molecule has 100 valence electrons. The molecule has 0 fully saturated rings. The third-order valence-corrected chi connectivity index (χ3v) is 3.48. The Hall–Kier alpha value is -1.51. The first-order valence-corrected chi connectivity index (χ1v) is 6.77. The van der Waals surface area contributed by atoms with Crippen LogP contribution >= 0.6 is 11.6 Å². The van der Waals surface area contributed by atoms with Crippen molar-refractivity contribution in [3.05, 3.63) is 64.7 Å². The summed E-state index contributed by atoms with van der Waals surface area (Å²) in [6.45, 7) is 1.64. The molecule has 0 aromatic heterocycles. The van der Waals surface area contributed by atoms with Crippen molar-refractivity contribution in [1.82, 2.24) is 5.32 Å². The molecule has 0 aliphatic heterocycles. The summed E-state index contributed by atoms with van der Waals surface area (Å²) in [4.78, 5) is 2.23. The van der Waals surface area contributed by atoms with Crippen LogP contribution in [0.1, 0.15) is 11.1 Å². The third kappa shape index (κ3) is 3.49. The number of hydrogen-bond donors (Lipinski definition) is 1. The lowest BCUT2D eigenvalue weighted by atomic mass is 10.1. The van der Waals surface area contributed by atoms with E-state index in [1.807, 2.05) is 25.2 Å². The summed E-state index contributed by atoms with van der Waals surface area (Å²) >= 11 is 6.29. The van der Waals surface area contributed by atoms with Gasteiger partial charge in [0.05, 0.1) is 0 Å². The predicted molar refractivity (Wildman–Crippen MR) is 82.8 cm³/mol. The Morgan fingerprint density at radius 2 is 1.79 bits per heavy atom. The minimum Gasteiger partial charge on any atom is -0.370 e. The van der Waals surface area contributed by atoms with E-state index in [0.717, 1.165) is 23.7 Å². The summed E-state index contributed by atoms with van der Waals surface area (Å²) < 4.78 is 0. The number of hydrogen-bond acceptors (Lipinski definition) is 2. The topological polar surface area (TPSA) is 15.3 Å². The molecular weight excluding hydrogens is 256 g/mol. The number of anilines is 1. The van der Waals surface area contributed by atoms with Crippen LogP contribution in [0, 0.1) is 0 Å². The Kier molecular flexibility index (Phi) is 4.83. The molecule has 19 heavy (non-hydrogen) atoms. The summed E-state index contributed by atoms with van der Waals surface area (Å²) in [6.07, 6.45) is 0. The normalized spacial score (nSPS) is 10.5. The minimum absolute atomic E-state index is 0.772. The molecule has 0 saturated carbocycles. The van der Waals surface area contributed by atoms with Crippen LogP contribution < -0.4 is 10.2 Å². The molecule has 0 spiro atoms. The van der Waals surface area contributed by atoms with Gasteiger partial charge in [0.2, 0.25) is 0 Å². The van der Waals surface area contributed by atoms with E-state index in [0.29, 0.717) is 0 Å². The molecule has 1 N–H and O–H groups in total. The van der Waals surface area contributed by atoms with E-state index in [-0.39, 0.29) is 0 Å². The molecule has 2 aromatic rings. The molecule has 0 aliphatic rings. The van der Waals surface area contributed by atoms with Crippen molar-refractivity contribution in [2.24, 2.45) is 0 Å². The summed E-state index contributed by atoms with van der Waals surface area (Å²) in [7, 11) is 4.03. The molecular formula is C16H19ClN2. The average Bonchev–Trinajstić information content (AvgIpc) is 2.42. The van der Waals surface area contributed by atoms with E-state index < -0.39 is 0 Å². The quantitative estimate of drug-likeness (QED) is 0.894. The molecule has 0 radical (unpaired) electrons. The fraction of sp³-hybridized carbons (Fsp3) is 0.250. The van der Waals surface area contributed by atoms with Crippen molar-refractivity contribution < 1.29 is 0 Å². The number of rotatable bonds is 5. The zero-order chi connectivity index (χ0) is 13.7. The average molecular weight is 275 g/mol. The van der Waals surface area contributed by atoms with Crippen molar-refractivity contribution in [2.75, 3.05) is 19.0 Å². The third-order valence-electron chi connectivity index (χ3n) is 3.12. The Balaban J connectivity index is 2.23. The molecule has 2 rings (SSSR count). The van der Waals surface area contributed by atoms with Gasteiger partial charge >= 0.3 is 0 Å². The lowest BCUT2D eigenvalue weighted by Crippen LogP contribution is -2.19. The highest BCUT2D eigenvalue weighted by Crippen LogP contribution is 2.27. The van der Waals surface area contributed by atoms with Crippen molar-refractivity contribution >= 4 is 17.3 Å². The van der Waals surface area contributed by atoms with E-state index in [4.69, 9.17) is 11.6 Å². The van der Waals surface area contributed by atoms with Crippen LogP contribution in [0.5, 0.6) is 0 Å². The largest absolute Gasteiger partial charge is 0.370 e. The molecule has 2 nitrogen and oxygen atoms in total. The summed E-state index contributed by atoms with van der Waals surface area (Å²) in [5, 5.41) is 3.98. The van der Waals surface area contributed by atoms with Crippen LogP contribution in [-0.4, -0.2) is 14.1 Å². The van der Waals surface area contributed by atoms with Crippen LogP contribution in [0.15, 0.2) is 48.5 Å². The van der Waals surface area contributed by atoms with Crippen LogP contribution in [0.3, 0.4) is 0 Å². The number of nitrogens with one attached hydrogen (secondary N) is 1. The SMILES string of the molecule is CNCc1c(Cl)cccc1N(C)Cc1ccccc1. The summed E-state index contributed by atoms with van der Waals surface area (Å²) in [5.74, 6) is 0. The van der Waals surface area contributed by atoms with Crippen LogP contribution in [0.4, 0.5) is 5.69 Å². The second-order valence-electron chi connectivity index (χ2n) is 4.61. The van der Waals surface area contributed by atoms with Crippen LogP contribution in [0.25, 0.3) is 0 Å². The molecule has 0 unspecified atom stereocenters. The maximum Gasteiger partial charge on any atom is 0.0471 e. The van der Waals surface area contributed by atoms with Gasteiger partial charge < -0.3 is 10.2 Å². The van der Waals surface area contributed by atoms with Crippen molar-refractivity contribution in [3.8, 4) is 0 Å². The van der Waals surface area contributed by atoms with E-state index in [9.17, 15) is 0 Å². The highest BCUT2D eigenvalue weighted by atomic mass is 35.5. The number of nitrogens with zero attached hydrogens (tertiary/aromatic N) is 1. The number of halogens is 1. The van der Waals surface area contributed by atoms with Crippen molar-refractivity contribution in [3.63, 3.8) is 0 Å². The first-order valence-electron chi connectivity index (χ1n) is 6.39. The standard InChI is InChI=1S/C16H19ClN2/c1-18-11-14-15(17)9-6-10-16(14)19(2)12-13-7-4-3-5-8-13/h3-10,18H,11-12H2,1-2H3. The lowest BCUT2D eigenvalue weighted by Gasteiger charge is -2.23. The first-order chi connectivity index (χ1) is 9.22. The predicted octanol–water partition coefficient (Wildman–Crippen LogP) is 3.70. The van der Waals surface area contributed by atoms with Crippen LogP contribution in [0.2, 0.25) is 5.02 Å². The van der Waals surface area contributed by atoms with Crippen LogP contribution in [-0.2, 0) is 13.1 Å². The van der Waals surface area contributed by atoms with Gasteiger partial charge in [0, 0.05) is 36.4 Å². The summed E-state index contributed by atoms with van der Waals surface area (Å²) in [6, 6.07) is 16.5. The molecule has 0 amide bonds. The smallest absolute Gasteiger partial charge is 0.0471 e. The maximum atomic E-state index is 6.29. The molecule has 0 bridgehead atoms. The fourth-order valence-corrected chi connectivity index (χ4v) is 2.44. The van der Waals surface area contributed by atoms with E-state index in [1.165, 1.54) is 11.3 Å². The Labute approximate surface area is 120 Å².